The Morgan fingerprint density at radius 1 is 1.58 bits per heavy atom. The maximum absolute atomic E-state index is 12.4. The molecule has 6 nitrogen and oxygen atoms in total. The highest BCUT2D eigenvalue weighted by Crippen LogP contribution is 2.20. The third-order valence-electron chi connectivity index (χ3n) is 3.22. The molecule has 0 radical (unpaired) electrons. The van der Waals surface area contributed by atoms with E-state index in [1.54, 1.807) is 23.1 Å². The molecule has 104 valence electrons. The van der Waals surface area contributed by atoms with Crippen LogP contribution in [0.2, 0.25) is 0 Å². The van der Waals surface area contributed by atoms with Crippen LogP contribution in [-0.4, -0.2) is 65.1 Å². The van der Waals surface area contributed by atoms with E-state index in [0.717, 1.165) is 6.54 Å². The van der Waals surface area contributed by atoms with Crippen LogP contribution in [0.5, 0.6) is 0 Å². The van der Waals surface area contributed by atoms with Gasteiger partial charge in [0, 0.05) is 19.1 Å². The molecule has 1 amide bonds. The highest BCUT2D eigenvalue weighted by molar-refractivity contribution is 5.93. The molecule has 0 aromatic carbocycles. The van der Waals surface area contributed by atoms with Crippen molar-refractivity contribution in [1.29, 1.82) is 0 Å². The fraction of sp³-hybridized carbons (Fsp3) is 0.538. The molecule has 1 aromatic heterocycles. The summed E-state index contributed by atoms with van der Waals surface area (Å²) >= 11 is 0. The maximum atomic E-state index is 12.4. The van der Waals surface area contributed by atoms with Gasteiger partial charge in [-0.15, -0.1) is 0 Å². The van der Waals surface area contributed by atoms with E-state index in [1.807, 2.05) is 19.0 Å². The number of hydrogen-bond acceptors (Lipinski definition) is 5. The van der Waals surface area contributed by atoms with E-state index in [1.165, 1.54) is 0 Å². The van der Waals surface area contributed by atoms with E-state index >= 15 is 0 Å². The first-order valence-electron chi connectivity index (χ1n) is 6.33. The Kier molecular flexibility index (Phi) is 4.01. The molecular formula is C13H20N4O2. The first-order valence-corrected chi connectivity index (χ1v) is 6.33. The standard InChI is InChI=1S/C13H20N4O2/c1-16(2)7-9-6-10(18)8-17(9)13(19)11-4-3-5-12(14)15-11/h3-5,9-10,18H,6-8H2,1-2H3,(H2,14,15). The van der Waals surface area contributed by atoms with E-state index in [4.69, 9.17) is 5.73 Å². The molecule has 6 heteroatoms. The zero-order valence-electron chi connectivity index (χ0n) is 11.3. The van der Waals surface area contributed by atoms with Gasteiger partial charge >= 0.3 is 0 Å². The Balaban J connectivity index is 2.17. The Morgan fingerprint density at radius 3 is 2.95 bits per heavy atom. The third-order valence-corrected chi connectivity index (χ3v) is 3.22. The van der Waals surface area contributed by atoms with Crippen LogP contribution in [0.1, 0.15) is 16.9 Å². The summed E-state index contributed by atoms with van der Waals surface area (Å²) in [5.41, 5.74) is 5.93. The number of likely N-dealkylation sites (tertiary alicyclic amines) is 1. The fourth-order valence-corrected chi connectivity index (χ4v) is 2.45. The van der Waals surface area contributed by atoms with Gasteiger partial charge in [0.2, 0.25) is 0 Å². The van der Waals surface area contributed by atoms with Crippen molar-refractivity contribution in [2.75, 3.05) is 32.9 Å². The average Bonchev–Trinajstić information content (AvgIpc) is 2.68. The summed E-state index contributed by atoms with van der Waals surface area (Å²) in [6.07, 6.45) is 0.140. The number of nitrogens with two attached hydrogens (primary N) is 1. The lowest BCUT2D eigenvalue weighted by atomic mass is 10.2. The van der Waals surface area contributed by atoms with Gasteiger partial charge in [0.1, 0.15) is 11.5 Å². The minimum absolute atomic E-state index is 0.0146. The largest absolute Gasteiger partial charge is 0.391 e. The number of aromatic nitrogens is 1. The van der Waals surface area contributed by atoms with Crippen LogP contribution in [0, 0.1) is 0 Å². The first-order chi connectivity index (χ1) is 8.97. The number of anilines is 1. The second kappa shape index (κ2) is 5.54. The van der Waals surface area contributed by atoms with E-state index < -0.39 is 6.10 Å². The van der Waals surface area contributed by atoms with Crippen LogP contribution >= 0.6 is 0 Å². The van der Waals surface area contributed by atoms with Gasteiger partial charge in [0.25, 0.3) is 5.91 Å². The van der Waals surface area contributed by atoms with E-state index in [2.05, 4.69) is 4.98 Å². The SMILES string of the molecule is CN(C)CC1CC(O)CN1C(=O)c1cccc(N)n1. The smallest absolute Gasteiger partial charge is 0.272 e. The molecule has 0 bridgehead atoms. The fourth-order valence-electron chi connectivity index (χ4n) is 2.45. The number of amides is 1. The van der Waals surface area contributed by atoms with Crippen LogP contribution in [0.25, 0.3) is 0 Å². The monoisotopic (exact) mass is 264 g/mol. The minimum atomic E-state index is -0.463. The molecule has 1 aliphatic rings. The number of hydrogen-bond donors (Lipinski definition) is 2. The highest BCUT2D eigenvalue weighted by Gasteiger charge is 2.35. The Hall–Kier alpha value is -1.66. The lowest BCUT2D eigenvalue weighted by Gasteiger charge is -2.26. The molecule has 0 saturated carbocycles. The zero-order chi connectivity index (χ0) is 14.0. The topological polar surface area (TPSA) is 82.7 Å². The lowest BCUT2D eigenvalue weighted by molar-refractivity contribution is 0.0693. The number of β-amino-alcohol motifs (C(OH)–C–C–N with tert-alkyl or cyclic N) is 1. The lowest BCUT2D eigenvalue weighted by Crippen LogP contribution is -2.41. The van der Waals surface area contributed by atoms with Gasteiger partial charge in [0.05, 0.1) is 6.10 Å². The Morgan fingerprint density at radius 2 is 2.32 bits per heavy atom. The van der Waals surface area contributed by atoms with E-state index in [9.17, 15) is 9.90 Å². The second-order valence-corrected chi connectivity index (χ2v) is 5.21. The number of carbonyl (C=O) groups excluding carboxylic acids is 1. The number of aliphatic hydroxyl groups excluding tert-OH is 1. The van der Waals surface area contributed by atoms with Crippen LogP contribution in [0.3, 0.4) is 0 Å². The van der Waals surface area contributed by atoms with Gasteiger partial charge in [-0.3, -0.25) is 4.79 Å². The van der Waals surface area contributed by atoms with Crippen molar-refractivity contribution in [3.63, 3.8) is 0 Å². The molecule has 0 aliphatic carbocycles. The molecule has 1 fully saturated rings. The number of nitrogens with zero attached hydrogens (tertiary/aromatic N) is 3. The molecule has 1 aromatic rings. The predicted molar refractivity (Wildman–Crippen MR) is 72.7 cm³/mol. The van der Waals surface area contributed by atoms with Gasteiger partial charge in [-0.05, 0) is 32.6 Å². The summed E-state index contributed by atoms with van der Waals surface area (Å²) in [6.45, 7) is 1.08. The summed E-state index contributed by atoms with van der Waals surface area (Å²) in [7, 11) is 3.90. The van der Waals surface area contributed by atoms with E-state index in [0.29, 0.717) is 24.5 Å². The predicted octanol–water partition coefficient (Wildman–Crippen LogP) is -0.199. The van der Waals surface area contributed by atoms with Gasteiger partial charge in [-0.2, -0.15) is 0 Å². The molecule has 2 heterocycles. The molecular weight excluding hydrogens is 244 g/mol. The molecule has 1 aliphatic heterocycles. The third kappa shape index (κ3) is 3.21. The maximum Gasteiger partial charge on any atom is 0.272 e. The van der Waals surface area contributed by atoms with Crippen molar-refractivity contribution in [3.05, 3.63) is 23.9 Å². The minimum Gasteiger partial charge on any atom is -0.391 e. The second-order valence-electron chi connectivity index (χ2n) is 5.21. The van der Waals surface area contributed by atoms with Crippen molar-refractivity contribution in [1.82, 2.24) is 14.8 Å². The number of aliphatic hydroxyl groups is 1. The zero-order valence-corrected chi connectivity index (χ0v) is 11.3. The number of likely N-dealkylation sites (N-methyl/N-ethyl adjacent to an activating group) is 1. The molecule has 0 spiro atoms. The van der Waals surface area contributed by atoms with Crippen LogP contribution in [0.15, 0.2) is 18.2 Å². The summed E-state index contributed by atoms with van der Waals surface area (Å²) in [4.78, 5) is 20.2. The van der Waals surface area contributed by atoms with Gasteiger partial charge in [-0.1, -0.05) is 6.07 Å². The van der Waals surface area contributed by atoms with Gasteiger partial charge in [-0.25, -0.2) is 4.98 Å². The Bertz CT molecular complexity index is 464. The quantitative estimate of drug-likeness (QED) is 0.790. The highest BCUT2D eigenvalue weighted by atomic mass is 16.3. The molecule has 2 unspecified atom stereocenters. The van der Waals surface area contributed by atoms with Gasteiger partial charge < -0.3 is 20.6 Å². The normalized spacial score (nSPS) is 23.1. The van der Waals surface area contributed by atoms with Crippen LogP contribution in [-0.2, 0) is 0 Å². The number of rotatable bonds is 3. The van der Waals surface area contributed by atoms with Crippen LogP contribution < -0.4 is 5.73 Å². The van der Waals surface area contributed by atoms with Crippen molar-refractivity contribution in [2.45, 2.75) is 18.6 Å². The summed E-state index contributed by atoms with van der Waals surface area (Å²) in [5, 5.41) is 9.78. The van der Waals surface area contributed by atoms with Crippen molar-refractivity contribution in [2.24, 2.45) is 0 Å². The summed E-state index contributed by atoms with van der Waals surface area (Å²) < 4.78 is 0. The molecule has 3 N–H and O–H groups in total. The first kappa shape index (κ1) is 13.8. The number of nitrogen functional groups attached to an aromatic ring is 1. The number of carbonyl (C=O) groups is 1. The average molecular weight is 264 g/mol. The Labute approximate surface area is 112 Å². The van der Waals surface area contributed by atoms with Crippen molar-refractivity contribution >= 4 is 11.7 Å². The summed E-state index contributed by atoms with van der Waals surface area (Å²) in [5.74, 6) is 0.158. The molecule has 2 rings (SSSR count). The number of pyridine rings is 1. The molecule has 19 heavy (non-hydrogen) atoms. The van der Waals surface area contributed by atoms with Crippen molar-refractivity contribution in [3.8, 4) is 0 Å². The summed E-state index contributed by atoms with van der Waals surface area (Å²) in [6, 6.07) is 5.02. The van der Waals surface area contributed by atoms with Gasteiger partial charge in [0.15, 0.2) is 0 Å². The van der Waals surface area contributed by atoms with E-state index in [-0.39, 0.29) is 11.9 Å². The molecule has 2 atom stereocenters. The van der Waals surface area contributed by atoms with Crippen LogP contribution in [0.4, 0.5) is 5.82 Å². The molecule has 1 saturated heterocycles. The van der Waals surface area contributed by atoms with Crippen molar-refractivity contribution < 1.29 is 9.90 Å².